The summed E-state index contributed by atoms with van der Waals surface area (Å²) in [6.45, 7) is 5.90. The summed E-state index contributed by atoms with van der Waals surface area (Å²) in [5.41, 5.74) is 1.09. The standard InChI is InChI=1S/C20H32ClN5O2.HI/c1-22-20(23-9-4-10-24(2)13-14-28-3)26-12-11-25(19(27)16-26)15-17-5-7-18(21)8-6-17;/h5-8H,4,9-16H2,1-3H3,(H,22,23);1H. The number of nitrogens with one attached hydrogen (secondary N) is 1. The van der Waals surface area contributed by atoms with Gasteiger partial charge in [-0.3, -0.25) is 9.79 Å². The maximum Gasteiger partial charge on any atom is 0.242 e. The van der Waals surface area contributed by atoms with Crippen molar-refractivity contribution in [1.29, 1.82) is 0 Å². The van der Waals surface area contributed by atoms with Crippen molar-refractivity contribution in [3.05, 3.63) is 34.9 Å². The number of amides is 1. The number of benzene rings is 1. The average molecular weight is 538 g/mol. The minimum absolute atomic E-state index is 0. The predicted molar refractivity (Wildman–Crippen MR) is 129 cm³/mol. The Kier molecular flexibility index (Phi) is 12.5. The van der Waals surface area contributed by atoms with Crippen LogP contribution in [0.3, 0.4) is 0 Å². The van der Waals surface area contributed by atoms with Gasteiger partial charge in [-0.25, -0.2) is 0 Å². The second kappa shape index (κ2) is 14.0. The van der Waals surface area contributed by atoms with Crippen LogP contribution in [-0.4, -0.2) is 93.6 Å². The number of hydrogen-bond donors (Lipinski definition) is 1. The summed E-state index contributed by atoms with van der Waals surface area (Å²) in [5.74, 6) is 0.905. The summed E-state index contributed by atoms with van der Waals surface area (Å²) >= 11 is 5.93. The third-order valence-corrected chi connectivity index (χ3v) is 5.05. The Morgan fingerprint density at radius 2 is 2.00 bits per heavy atom. The molecule has 1 fully saturated rings. The quantitative estimate of drug-likeness (QED) is 0.226. The Labute approximate surface area is 196 Å². The Morgan fingerprint density at radius 1 is 1.28 bits per heavy atom. The largest absolute Gasteiger partial charge is 0.383 e. The van der Waals surface area contributed by atoms with Crippen molar-refractivity contribution in [3.63, 3.8) is 0 Å². The van der Waals surface area contributed by atoms with Gasteiger partial charge < -0.3 is 24.8 Å². The van der Waals surface area contributed by atoms with E-state index in [0.717, 1.165) is 50.7 Å². The van der Waals surface area contributed by atoms with Crippen LogP contribution in [0, 0.1) is 0 Å². The second-order valence-electron chi connectivity index (χ2n) is 6.99. The molecule has 1 aliphatic rings. The van der Waals surface area contributed by atoms with Crippen LogP contribution in [0.1, 0.15) is 12.0 Å². The first-order valence-electron chi connectivity index (χ1n) is 9.68. The van der Waals surface area contributed by atoms with Crippen LogP contribution in [0.15, 0.2) is 29.3 Å². The predicted octanol–water partition coefficient (Wildman–Crippen LogP) is 2.15. The molecule has 0 atom stereocenters. The van der Waals surface area contributed by atoms with E-state index in [1.807, 2.05) is 34.1 Å². The van der Waals surface area contributed by atoms with E-state index in [1.54, 1.807) is 14.2 Å². The SMILES string of the molecule is CN=C(NCCCN(C)CCOC)N1CCN(Cc2ccc(Cl)cc2)C(=O)C1.I. The number of hydrogen-bond acceptors (Lipinski definition) is 4. The molecule has 1 saturated heterocycles. The van der Waals surface area contributed by atoms with E-state index >= 15 is 0 Å². The molecular formula is C20H33ClIN5O2. The lowest BCUT2D eigenvalue weighted by Gasteiger charge is -2.36. The van der Waals surface area contributed by atoms with Crippen molar-refractivity contribution in [2.45, 2.75) is 13.0 Å². The highest BCUT2D eigenvalue weighted by Gasteiger charge is 2.25. The number of aliphatic imine (C=N–C) groups is 1. The normalized spacial score (nSPS) is 14.9. The van der Waals surface area contributed by atoms with Crippen molar-refractivity contribution in [3.8, 4) is 0 Å². The maximum atomic E-state index is 12.6. The van der Waals surface area contributed by atoms with Gasteiger partial charge in [0.25, 0.3) is 0 Å². The molecule has 1 amide bonds. The summed E-state index contributed by atoms with van der Waals surface area (Å²) < 4.78 is 5.09. The molecule has 9 heteroatoms. The van der Waals surface area contributed by atoms with Crippen LogP contribution in [-0.2, 0) is 16.1 Å². The number of nitrogens with zero attached hydrogens (tertiary/aromatic N) is 4. The fourth-order valence-electron chi connectivity index (χ4n) is 3.11. The summed E-state index contributed by atoms with van der Waals surface area (Å²) in [4.78, 5) is 23.1. The van der Waals surface area contributed by atoms with Gasteiger partial charge in [-0.15, -0.1) is 24.0 Å². The van der Waals surface area contributed by atoms with Gasteiger partial charge in [-0.2, -0.15) is 0 Å². The van der Waals surface area contributed by atoms with Crippen LogP contribution in [0.2, 0.25) is 5.02 Å². The second-order valence-corrected chi connectivity index (χ2v) is 7.42. The topological polar surface area (TPSA) is 60.4 Å². The summed E-state index contributed by atoms with van der Waals surface area (Å²) in [6, 6.07) is 7.64. The highest BCUT2D eigenvalue weighted by Crippen LogP contribution is 2.13. The molecule has 1 heterocycles. The molecule has 7 nitrogen and oxygen atoms in total. The van der Waals surface area contributed by atoms with E-state index in [9.17, 15) is 4.79 Å². The Morgan fingerprint density at radius 3 is 2.62 bits per heavy atom. The van der Waals surface area contributed by atoms with E-state index in [0.29, 0.717) is 24.7 Å². The average Bonchev–Trinajstić information content (AvgIpc) is 2.69. The van der Waals surface area contributed by atoms with Crippen LogP contribution < -0.4 is 5.32 Å². The summed E-state index contributed by atoms with van der Waals surface area (Å²) in [5, 5.41) is 4.08. The third-order valence-electron chi connectivity index (χ3n) is 4.79. The number of carbonyl (C=O) groups is 1. The van der Waals surface area contributed by atoms with Gasteiger partial charge in [0.1, 0.15) is 0 Å². The van der Waals surface area contributed by atoms with E-state index in [2.05, 4.69) is 22.3 Å². The minimum atomic E-state index is 0. The Balaban J connectivity index is 0.00000420. The number of piperazine rings is 1. The Bertz CT molecular complexity index is 644. The van der Waals surface area contributed by atoms with Gasteiger partial charge in [-0.1, -0.05) is 23.7 Å². The van der Waals surface area contributed by atoms with Crippen LogP contribution in [0.4, 0.5) is 0 Å². The number of likely N-dealkylation sites (N-methyl/N-ethyl adjacent to an activating group) is 1. The van der Waals surface area contributed by atoms with E-state index in [4.69, 9.17) is 16.3 Å². The van der Waals surface area contributed by atoms with Crippen LogP contribution in [0.25, 0.3) is 0 Å². The first kappa shape index (κ1) is 25.9. The number of rotatable bonds is 9. The molecule has 29 heavy (non-hydrogen) atoms. The summed E-state index contributed by atoms with van der Waals surface area (Å²) in [7, 11) is 5.57. The monoisotopic (exact) mass is 537 g/mol. The molecule has 0 radical (unpaired) electrons. The molecule has 0 aliphatic carbocycles. The zero-order valence-corrected chi connectivity index (χ0v) is 20.7. The number of guanidine groups is 1. The molecule has 1 aromatic rings. The van der Waals surface area contributed by atoms with E-state index in [1.165, 1.54) is 0 Å². The van der Waals surface area contributed by atoms with Crippen molar-refractivity contribution in [2.24, 2.45) is 4.99 Å². The lowest BCUT2D eigenvalue weighted by atomic mass is 10.2. The lowest BCUT2D eigenvalue weighted by Crippen LogP contribution is -2.55. The Hall–Kier alpha value is -1.10. The number of ether oxygens (including phenoxy) is 1. The lowest BCUT2D eigenvalue weighted by molar-refractivity contribution is -0.135. The molecule has 164 valence electrons. The molecule has 2 rings (SSSR count). The van der Waals surface area contributed by atoms with Crippen LogP contribution >= 0.6 is 35.6 Å². The van der Waals surface area contributed by atoms with E-state index < -0.39 is 0 Å². The van der Waals surface area contributed by atoms with Crippen molar-refractivity contribution >= 4 is 47.4 Å². The molecule has 0 saturated carbocycles. The fraction of sp³-hybridized carbons (Fsp3) is 0.600. The molecule has 1 N–H and O–H groups in total. The number of halogens is 2. The summed E-state index contributed by atoms with van der Waals surface area (Å²) in [6.07, 6.45) is 1.00. The molecule has 1 aromatic carbocycles. The highest BCUT2D eigenvalue weighted by atomic mass is 127. The highest BCUT2D eigenvalue weighted by molar-refractivity contribution is 14.0. The van der Waals surface area contributed by atoms with Crippen LogP contribution in [0.5, 0.6) is 0 Å². The van der Waals surface area contributed by atoms with Crippen molar-refractivity contribution in [1.82, 2.24) is 20.0 Å². The van der Waals surface area contributed by atoms with Gasteiger partial charge in [0.05, 0.1) is 13.2 Å². The van der Waals surface area contributed by atoms with Gasteiger partial charge >= 0.3 is 0 Å². The zero-order chi connectivity index (χ0) is 20.4. The maximum absolute atomic E-state index is 12.6. The first-order valence-corrected chi connectivity index (χ1v) is 10.1. The third kappa shape index (κ3) is 9.06. The number of methoxy groups -OCH3 is 1. The zero-order valence-electron chi connectivity index (χ0n) is 17.6. The van der Waals surface area contributed by atoms with Gasteiger partial charge in [-0.05, 0) is 37.7 Å². The fourth-order valence-corrected chi connectivity index (χ4v) is 3.23. The van der Waals surface area contributed by atoms with Gasteiger partial charge in [0.15, 0.2) is 5.96 Å². The molecule has 0 aromatic heterocycles. The van der Waals surface area contributed by atoms with Gasteiger partial charge in [0, 0.05) is 51.9 Å². The molecule has 1 aliphatic heterocycles. The molecule has 0 spiro atoms. The smallest absolute Gasteiger partial charge is 0.242 e. The van der Waals surface area contributed by atoms with Gasteiger partial charge in [0.2, 0.25) is 5.91 Å². The first-order chi connectivity index (χ1) is 13.5. The minimum Gasteiger partial charge on any atom is -0.383 e. The molecular weight excluding hydrogens is 505 g/mol. The van der Waals surface area contributed by atoms with Crippen molar-refractivity contribution in [2.75, 3.05) is 67.1 Å². The van der Waals surface area contributed by atoms with E-state index in [-0.39, 0.29) is 29.9 Å². The van der Waals surface area contributed by atoms with Crippen molar-refractivity contribution < 1.29 is 9.53 Å². The number of carbonyl (C=O) groups excluding carboxylic acids is 1. The molecule has 0 bridgehead atoms. The molecule has 0 unspecified atom stereocenters.